The number of fused-ring (bicyclic) bond motifs is 2. The third-order valence-electron chi connectivity index (χ3n) is 11.1. The molecule has 53 heavy (non-hydrogen) atoms. The molecule has 0 saturated carbocycles. The Hall–Kier alpha value is -6.38. The second kappa shape index (κ2) is 12.4. The van der Waals surface area contributed by atoms with Crippen LogP contribution in [0.2, 0.25) is 6.82 Å². The average molecular weight is 675 g/mol. The van der Waals surface area contributed by atoms with E-state index in [2.05, 4.69) is 203 Å². The van der Waals surface area contributed by atoms with Crippen LogP contribution in [-0.2, 0) is 0 Å². The van der Waals surface area contributed by atoms with Crippen LogP contribution in [-0.4, -0.2) is 7.28 Å². The quantitative estimate of drug-likeness (QED) is 0.0964. The molecule has 10 aromatic rings. The zero-order chi connectivity index (χ0) is 35.6. The summed E-state index contributed by atoms with van der Waals surface area (Å²) in [4.78, 5) is 2.44. The molecule has 0 atom stereocenters. The van der Waals surface area contributed by atoms with Gasteiger partial charge in [-0.2, -0.15) is 0 Å². The highest BCUT2D eigenvalue weighted by atomic mass is 15.1. The molecule has 0 spiro atoms. The summed E-state index contributed by atoms with van der Waals surface area (Å²) in [5.41, 5.74) is 12.1. The van der Waals surface area contributed by atoms with Gasteiger partial charge in [0, 0.05) is 22.1 Å². The van der Waals surface area contributed by atoms with Gasteiger partial charge in [-0.1, -0.05) is 157 Å². The van der Waals surface area contributed by atoms with Crippen LogP contribution in [0.5, 0.6) is 0 Å². The molecule has 0 bridgehead atoms. The predicted molar refractivity (Wildman–Crippen MR) is 231 cm³/mol. The van der Waals surface area contributed by atoms with Crippen LogP contribution in [0, 0.1) is 13.8 Å². The van der Waals surface area contributed by atoms with E-state index in [9.17, 15) is 0 Å². The van der Waals surface area contributed by atoms with Gasteiger partial charge in [0.1, 0.15) is 7.28 Å². The van der Waals surface area contributed by atoms with Crippen LogP contribution in [0.15, 0.2) is 170 Å². The molecule has 0 aliphatic heterocycles. The molecule has 0 fully saturated rings. The van der Waals surface area contributed by atoms with Gasteiger partial charge >= 0.3 is 0 Å². The standard InChI is InChI=1S/C51H37BN/c1-32-18-24-40(25-19-32)53(41-26-20-33(2)21-27-41)51-45-15-6-4-13-42(45)49(43-14-5-7-16-46(43)51)38-28-37(29-39(30-38)52-3)47-31-36-12-8-10-34-22-23-35-11-9-17-44(47)50(35)48(34)36/h4-31H,1-3H3. The van der Waals surface area contributed by atoms with E-state index in [0.717, 1.165) is 11.4 Å². The van der Waals surface area contributed by atoms with Gasteiger partial charge in [-0.15, -0.1) is 0 Å². The molecular formula is C51H37BN. The maximum atomic E-state index is 2.44. The highest BCUT2D eigenvalue weighted by molar-refractivity contribution is 6.52. The maximum Gasteiger partial charge on any atom is 0.148 e. The molecule has 0 unspecified atom stereocenters. The second-order valence-electron chi connectivity index (χ2n) is 14.4. The lowest BCUT2D eigenvalue weighted by atomic mass is 9.71. The van der Waals surface area contributed by atoms with Crippen molar-refractivity contribution in [2.75, 3.05) is 4.90 Å². The first-order valence-corrected chi connectivity index (χ1v) is 18.5. The lowest BCUT2D eigenvalue weighted by Crippen LogP contribution is -2.12. The third kappa shape index (κ3) is 5.09. The Bertz CT molecular complexity index is 2890. The van der Waals surface area contributed by atoms with Crippen molar-refractivity contribution in [1.29, 1.82) is 0 Å². The summed E-state index contributed by atoms with van der Waals surface area (Å²) in [5.74, 6) is 0. The van der Waals surface area contributed by atoms with E-state index in [4.69, 9.17) is 0 Å². The van der Waals surface area contributed by atoms with Gasteiger partial charge in [0.2, 0.25) is 0 Å². The first-order valence-electron chi connectivity index (χ1n) is 18.5. The van der Waals surface area contributed by atoms with Crippen LogP contribution in [0.4, 0.5) is 17.1 Å². The van der Waals surface area contributed by atoms with E-state index in [-0.39, 0.29) is 0 Å². The van der Waals surface area contributed by atoms with Crippen LogP contribution in [0.1, 0.15) is 11.1 Å². The molecule has 0 N–H and O–H groups in total. The van der Waals surface area contributed by atoms with E-state index in [1.807, 2.05) is 0 Å². The Balaban J connectivity index is 1.27. The SMILES string of the molecule is C[B]c1cc(-c2c3ccccc3c(N(c3ccc(C)cc3)c3ccc(C)cc3)c3ccccc23)cc(-c2cc3cccc4ccc5cccc2c5c43)c1. The monoisotopic (exact) mass is 674 g/mol. The minimum atomic E-state index is 1.14. The smallest absolute Gasteiger partial charge is 0.148 e. The van der Waals surface area contributed by atoms with Gasteiger partial charge in [0.05, 0.1) is 5.69 Å². The predicted octanol–water partition coefficient (Wildman–Crippen LogP) is 13.7. The fourth-order valence-corrected chi connectivity index (χ4v) is 8.57. The molecule has 0 saturated heterocycles. The minimum Gasteiger partial charge on any atom is -0.309 e. The molecule has 10 aromatic carbocycles. The number of benzene rings is 10. The molecular weight excluding hydrogens is 637 g/mol. The van der Waals surface area contributed by atoms with Crippen LogP contribution < -0.4 is 10.4 Å². The van der Waals surface area contributed by atoms with Crippen molar-refractivity contribution in [2.45, 2.75) is 20.7 Å². The molecule has 1 nitrogen and oxygen atoms in total. The zero-order valence-corrected chi connectivity index (χ0v) is 30.2. The van der Waals surface area contributed by atoms with Crippen molar-refractivity contribution in [2.24, 2.45) is 0 Å². The van der Waals surface area contributed by atoms with E-state index in [1.54, 1.807) is 0 Å². The third-order valence-corrected chi connectivity index (χ3v) is 11.1. The van der Waals surface area contributed by atoms with Crippen molar-refractivity contribution in [1.82, 2.24) is 0 Å². The maximum absolute atomic E-state index is 2.44. The summed E-state index contributed by atoms with van der Waals surface area (Å²) in [7, 11) is 2.24. The molecule has 0 amide bonds. The Labute approximate surface area is 311 Å². The number of hydrogen-bond acceptors (Lipinski definition) is 1. The minimum absolute atomic E-state index is 1.14. The highest BCUT2D eigenvalue weighted by Gasteiger charge is 2.23. The van der Waals surface area contributed by atoms with Crippen molar-refractivity contribution < 1.29 is 0 Å². The van der Waals surface area contributed by atoms with Gasteiger partial charge < -0.3 is 4.90 Å². The van der Waals surface area contributed by atoms with Crippen molar-refractivity contribution in [3.8, 4) is 22.3 Å². The molecule has 0 aliphatic rings. The van der Waals surface area contributed by atoms with Gasteiger partial charge in [0.15, 0.2) is 0 Å². The fraction of sp³-hybridized carbons (Fsp3) is 0.0588. The highest BCUT2D eigenvalue weighted by Crippen LogP contribution is 2.49. The Kier molecular flexibility index (Phi) is 7.33. The molecule has 0 heterocycles. The normalized spacial score (nSPS) is 11.7. The summed E-state index contributed by atoms with van der Waals surface area (Å²) in [5, 5.41) is 12.8. The van der Waals surface area contributed by atoms with Gasteiger partial charge in [-0.3, -0.25) is 0 Å². The molecule has 249 valence electrons. The number of rotatable bonds is 6. The summed E-state index contributed by atoms with van der Waals surface area (Å²) >= 11 is 0. The fourth-order valence-electron chi connectivity index (χ4n) is 8.57. The summed E-state index contributed by atoms with van der Waals surface area (Å²) < 4.78 is 0. The number of hydrogen-bond donors (Lipinski definition) is 0. The first kappa shape index (κ1) is 31.4. The number of aryl methyl sites for hydroxylation is 2. The molecule has 0 aromatic heterocycles. The van der Waals surface area contributed by atoms with Gasteiger partial charge in [-0.25, -0.2) is 0 Å². The van der Waals surface area contributed by atoms with Crippen molar-refractivity contribution in [3.63, 3.8) is 0 Å². The van der Waals surface area contributed by atoms with E-state index < -0.39 is 0 Å². The van der Waals surface area contributed by atoms with Crippen LogP contribution in [0.3, 0.4) is 0 Å². The Morgan fingerprint density at radius 1 is 0.415 bits per heavy atom. The summed E-state index contributed by atoms with van der Waals surface area (Å²) in [6.07, 6.45) is 0. The first-order chi connectivity index (χ1) is 26.1. The van der Waals surface area contributed by atoms with E-state index >= 15 is 0 Å². The van der Waals surface area contributed by atoms with Gasteiger partial charge in [0.25, 0.3) is 0 Å². The number of anilines is 3. The van der Waals surface area contributed by atoms with Gasteiger partial charge in [-0.05, 0) is 116 Å². The summed E-state index contributed by atoms with van der Waals surface area (Å²) in [6, 6.07) is 63.3. The lowest BCUT2D eigenvalue weighted by Gasteiger charge is -2.30. The van der Waals surface area contributed by atoms with E-state index in [0.29, 0.717) is 0 Å². The average Bonchev–Trinajstić information content (AvgIpc) is 3.20. The van der Waals surface area contributed by atoms with Crippen LogP contribution >= 0.6 is 0 Å². The van der Waals surface area contributed by atoms with Crippen molar-refractivity contribution in [3.05, 3.63) is 181 Å². The topological polar surface area (TPSA) is 3.24 Å². The van der Waals surface area contributed by atoms with Crippen molar-refractivity contribution >= 4 is 83.7 Å². The molecule has 10 rings (SSSR count). The Morgan fingerprint density at radius 2 is 0.925 bits per heavy atom. The van der Waals surface area contributed by atoms with Crippen LogP contribution in [0.25, 0.3) is 76.1 Å². The largest absolute Gasteiger partial charge is 0.309 e. The van der Waals surface area contributed by atoms with E-state index in [1.165, 1.54) is 98.4 Å². The zero-order valence-electron chi connectivity index (χ0n) is 30.2. The molecule has 2 heteroatoms. The molecule has 1 radical (unpaired) electrons. The Morgan fingerprint density at radius 3 is 1.53 bits per heavy atom. The second-order valence-corrected chi connectivity index (χ2v) is 14.4. The lowest BCUT2D eigenvalue weighted by molar-refractivity contribution is 1.29. The number of nitrogens with zero attached hydrogens (tertiary/aromatic N) is 1. The summed E-state index contributed by atoms with van der Waals surface area (Å²) in [6.45, 7) is 6.45. The molecule has 0 aliphatic carbocycles.